The normalized spacial score (nSPS) is 11.3. The quantitative estimate of drug-likeness (QED) is 0.805. The van der Waals surface area contributed by atoms with Crippen LogP contribution in [0.25, 0.3) is 0 Å². The van der Waals surface area contributed by atoms with Crippen molar-refractivity contribution in [1.29, 1.82) is 0 Å². The predicted octanol–water partition coefficient (Wildman–Crippen LogP) is 2.98. The van der Waals surface area contributed by atoms with Gasteiger partial charge in [-0.1, -0.05) is 13.0 Å². The first-order valence-electron chi connectivity index (χ1n) is 7.50. The lowest BCUT2D eigenvalue weighted by Gasteiger charge is -2.24. The third-order valence-corrected chi connectivity index (χ3v) is 5.06. The van der Waals surface area contributed by atoms with Gasteiger partial charge >= 0.3 is 0 Å². The number of aryl methyl sites for hydroxylation is 1. The number of amides is 2. The van der Waals surface area contributed by atoms with Gasteiger partial charge in [0.1, 0.15) is 5.54 Å². The maximum Gasteiger partial charge on any atom is 0.262 e. The van der Waals surface area contributed by atoms with E-state index in [4.69, 9.17) is 0 Å². The number of carbonyl (C=O) groups is 2. The third kappa shape index (κ3) is 4.87. The summed E-state index contributed by atoms with van der Waals surface area (Å²) in [5.41, 5.74) is -0.129. The Hall–Kier alpha value is -1.73. The second kappa shape index (κ2) is 7.70. The molecular formula is C16H21N3O2S2. The van der Waals surface area contributed by atoms with E-state index in [0.29, 0.717) is 11.4 Å². The van der Waals surface area contributed by atoms with Gasteiger partial charge in [0, 0.05) is 5.38 Å². The van der Waals surface area contributed by atoms with Crippen LogP contribution in [0.2, 0.25) is 0 Å². The van der Waals surface area contributed by atoms with Crippen molar-refractivity contribution in [3.05, 3.63) is 38.5 Å². The molecule has 2 N–H and O–H groups in total. The molecular weight excluding hydrogens is 330 g/mol. The van der Waals surface area contributed by atoms with E-state index in [1.165, 1.54) is 11.3 Å². The average Bonchev–Trinajstić information content (AvgIpc) is 3.16. The second-order valence-electron chi connectivity index (χ2n) is 5.72. The van der Waals surface area contributed by atoms with E-state index >= 15 is 0 Å². The van der Waals surface area contributed by atoms with Gasteiger partial charge in [0.25, 0.3) is 5.91 Å². The van der Waals surface area contributed by atoms with Crippen molar-refractivity contribution in [2.45, 2.75) is 45.7 Å². The zero-order chi connectivity index (χ0) is 16.9. The van der Waals surface area contributed by atoms with Crippen molar-refractivity contribution < 1.29 is 9.59 Å². The number of thiophene rings is 1. The standard InChI is InChI=1S/C16H21N3O2S2/c1-4-6-13-18-11(10-23-13)9-17-15(21)16(2,3)19-14(20)12-7-5-8-22-12/h5,7-8,10H,4,6,9H2,1-3H3,(H,17,21)(H,19,20). The van der Waals surface area contributed by atoms with Crippen molar-refractivity contribution in [2.75, 3.05) is 0 Å². The van der Waals surface area contributed by atoms with Crippen LogP contribution in [0, 0.1) is 0 Å². The van der Waals surface area contributed by atoms with E-state index in [2.05, 4.69) is 22.5 Å². The van der Waals surface area contributed by atoms with E-state index in [9.17, 15) is 9.59 Å². The Bertz CT molecular complexity index is 663. The van der Waals surface area contributed by atoms with Crippen molar-refractivity contribution in [3.63, 3.8) is 0 Å². The molecule has 0 aliphatic carbocycles. The molecule has 0 bridgehead atoms. The second-order valence-corrected chi connectivity index (χ2v) is 7.61. The van der Waals surface area contributed by atoms with Crippen molar-refractivity contribution >= 4 is 34.5 Å². The van der Waals surface area contributed by atoms with Crippen LogP contribution in [0.1, 0.15) is 47.6 Å². The summed E-state index contributed by atoms with van der Waals surface area (Å²) in [4.78, 5) is 29.5. The monoisotopic (exact) mass is 351 g/mol. The highest BCUT2D eigenvalue weighted by Crippen LogP contribution is 2.13. The minimum absolute atomic E-state index is 0.229. The van der Waals surface area contributed by atoms with E-state index in [1.807, 2.05) is 16.8 Å². The Morgan fingerprint density at radius 1 is 1.30 bits per heavy atom. The summed E-state index contributed by atoms with van der Waals surface area (Å²) in [6, 6.07) is 3.54. The van der Waals surface area contributed by atoms with Gasteiger partial charge < -0.3 is 10.6 Å². The fourth-order valence-corrected chi connectivity index (χ4v) is 3.48. The Labute approximate surface area is 144 Å². The molecule has 0 aromatic carbocycles. The van der Waals surface area contributed by atoms with Gasteiger partial charge in [0.2, 0.25) is 5.91 Å². The van der Waals surface area contributed by atoms with Gasteiger partial charge in [0.05, 0.1) is 22.1 Å². The maximum atomic E-state index is 12.3. The minimum atomic E-state index is -0.983. The summed E-state index contributed by atoms with van der Waals surface area (Å²) in [5, 5.41) is 10.5. The molecule has 0 atom stereocenters. The molecule has 0 unspecified atom stereocenters. The highest BCUT2D eigenvalue weighted by atomic mass is 32.1. The number of nitrogens with one attached hydrogen (secondary N) is 2. The number of hydrogen-bond donors (Lipinski definition) is 2. The average molecular weight is 351 g/mol. The minimum Gasteiger partial charge on any atom is -0.348 e. The van der Waals surface area contributed by atoms with Gasteiger partial charge in [-0.05, 0) is 38.1 Å². The van der Waals surface area contributed by atoms with Gasteiger partial charge in [-0.15, -0.1) is 22.7 Å². The molecule has 23 heavy (non-hydrogen) atoms. The van der Waals surface area contributed by atoms with Crippen molar-refractivity contribution in [1.82, 2.24) is 15.6 Å². The first-order chi connectivity index (χ1) is 10.9. The molecule has 2 heterocycles. The van der Waals surface area contributed by atoms with Gasteiger partial charge in [0.15, 0.2) is 0 Å². The number of thiazole rings is 1. The fraction of sp³-hybridized carbons (Fsp3) is 0.438. The number of rotatable bonds is 7. The molecule has 0 aliphatic rings. The van der Waals surface area contributed by atoms with Crippen LogP contribution >= 0.6 is 22.7 Å². The lowest BCUT2D eigenvalue weighted by Crippen LogP contribution is -2.54. The van der Waals surface area contributed by atoms with Crippen LogP contribution in [-0.4, -0.2) is 22.3 Å². The molecule has 0 spiro atoms. The molecule has 124 valence electrons. The van der Waals surface area contributed by atoms with E-state index in [1.54, 1.807) is 31.3 Å². The number of hydrogen-bond acceptors (Lipinski definition) is 5. The fourth-order valence-electron chi connectivity index (χ4n) is 1.96. The number of nitrogens with zero attached hydrogens (tertiary/aromatic N) is 1. The molecule has 2 aromatic heterocycles. The van der Waals surface area contributed by atoms with Crippen LogP contribution in [0.4, 0.5) is 0 Å². The largest absolute Gasteiger partial charge is 0.348 e. The lowest BCUT2D eigenvalue weighted by atomic mass is 10.0. The molecule has 0 aliphatic heterocycles. The number of carbonyl (C=O) groups excluding carboxylic acids is 2. The summed E-state index contributed by atoms with van der Waals surface area (Å²) >= 11 is 2.96. The maximum absolute atomic E-state index is 12.3. The van der Waals surface area contributed by atoms with Crippen LogP contribution < -0.4 is 10.6 Å². The molecule has 2 rings (SSSR count). The van der Waals surface area contributed by atoms with Gasteiger partial charge in [-0.3, -0.25) is 9.59 Å². The van der Waals surface area contributed by atoms with Crippen LogP contribution in [0.3, 0.4) is 0 Å². The number of aromatic nitrogens is 1. The van der Waals surface area contributed by atoms with E-state index in [-0.39, 0.29) is 11.8 Å². The third-order valence-electron chi connectivity index (χ3n) is 3.23. The molecule has 0 saturated heterocycles. The van der Waals surface area contributed by atoms with Crippen LogP contribution in [0.5, 0.6) is 0 Å². The first kappa shape index (κ1) is 17.6. The molecule has 2 amide bonds. The van der Waals surface area contributed by atoms with Crippen LogP contribution in [0.15, 0.2) is 22.9 Å². The van der Waals surface area contributed by atoms with E-state index < -0.39 is 5.54 Å². The molecule has 2 aromatic rings. The van der Waals surface area contributed by atoms with Gasteiger partial charge in [-0.25, -0.2) is 4.98 Å². The molecule has 0 saturated carbocycles. The summed E-state index contributed by atoms with van der Waals surface area (Å²) < 4.78 is 0. The van der Waals surface area contributed by atoms with Crippen molar-refractivity contribution in [2.24, 2.45) is 0 Å². The molecule has 0 fully saturated rings. The Kier molecular flexibility index (Phi) is 5.90. The van der Waals surface area contributed by atoms with Crippen molar-refractivity contribution in [3.8, 4) is 0 Å². The summed E-state index contributed by atoms with van der Waals surface area (Å²) in [6.45, 7) is 5.87. The predicted molar refractivity (Wildman–Crippen MR) is 93.8 cm³/mol. The zero-order valence-corrected chi connectivity index (χ0v) is 15.1. The Balaban J connectivity index is 1.88. The Morgan fingerprint density at radius 3 is 2.74 bits per heavy atom. The highest BCUT2D eigenvalue weighted by molar-refractivity contribution is 7.12. The van der Waals surface area contributed by atoms with Gasteiger partial charge in [-0.2, -0.15) is 0 Å². The van der Waals surface area contributed by atoms with Crippen LogP contribution in [-0.2, 0) is 17.8 Å². The molecule has 7 heteroatoms. The molecule has 5 nitrogen and oxygen atoms in total. The topological polar surface area (TPSA) is 71.1 Å². The smallest absolute Gasteiger partial charge is 0.262 e. The zero-order valence-electron chi connectivity index (χ0n) is 13.5. The van der Waals surface area contributed by atoms with E-state index in [0.717, 1.165) is 23.5 Å². The first-order valence-corrected chi connectivity index (χ1v) is 9.26. The Morgan fingerprint density at radius 2 is 2.09 bits per heavy atom. The highest BCUT2D eigenvalue weighted by Gasteiger charge is 2.30. The lowest BCUT2D eigenvalue weighted by molar-refractivity contribution is -0.126. The molecule has 0 radical (unpaired) electrons. The summed E-state index contributed by atoms with van der Waals surface area (Å²) in [6.07, 6.45) is 2.02. The summed E-state index contributed by atoms with van der Waals surface area (Å²) in [7, 11) is 0. The summed E-state index contributed by atoms with van der Waals surface area (Å²) in [5.74, 6) is -0.466. The SMILES string of the molecule is CCCc1nc(CNC(=O)C(C)(C)NC(=O)c2cccs2)cs1.